The van der Waals surface area contributed by atoms with Gasteiger partial charge in [-0.25, -0.2) is 0 Å². The van der Waals surface area contributed by atoms with Gasteiger partial charge in [0.05, 0.1) is 0 Å². The molecule has 100 valence electrons. The molecule has 1 fully saturated rings. The standard InChI is InChI=1S/C16H26N2/c1-4-15(17)14-7-5-6-8-16(14)18-10-9-12(2)13(3)11-18/h5-8,12-13,15H,4,9-11,17H2,1-3H3. The lowest BCUT2D eigenvalue weighted by molar-refractivity contribution is 0.323. The van der Waals surface area contributed by atoms with E-state index in [4.69, 9.17) is 5.73 Å². The number of para-hydroxylation sites is 1. The van der Waals surface area contributed by atoms with Gasteiger partial charge in [0.1, 0.15) is 0 Å². The lowest BCUT2D eigenvalue weighted by Gasteiger charge is -2.38. The van der Waals surface area contributed by atoms with E-state index < -0.39 is 0 Å². The molecule has 0 bridgehead atoms. The van der Waals surface area contributed by atoms with Crippen molar-refractivity contribution in [3.05, 3.63) is 29.8 Å². The molecular formula is C16H26N2. The molecular weight excluding hydrogens is 220 g/mol. The summed E-state index contributed by atoms with van der Waals surface area (Å²) in [4.78, 5) is 2.52. The first-order chi connectivity index (χ1) is 8.63. The van der Waals surface area contributed by atoms with Crippen LogP contribution < -0.4 is 10.6 Å². The Balaban J connectivity index is 2.22. The molecule has 2 rings (SSSR count). The fourth-order valence-corrected chi connectivity index (χ4v) is 2.79. The van der Waals surface area contributed by atoms with Crippen LogP contribution in [0.2, 0.25) is 0 Å². The average molecular weight is 246 g/mol. The number of hydrogen-bond acceptors (Lipinski definition) is 2. The molecule has 1 heterocycles. The van der Waals surface area contributed by atoms with Crippen molar-refractivity contribution in [3.63, 3.8) is 0 Å². The fraction of sp³-hybridized carbons (Fsp3) is 0.625. The quantitative estimate of drug-likeness (QED) is 0.883. The van der Waals surface area contributed by atoms with Crippen LogP contribution in [0.1, 0.15) is 45.2 Å². The lowest BCUT2D eigenvalue weighted by Crippen LogP contribution is -2.39. The number of nitrogens with two attached hydrogens (primary N) is 1. The highest BCUT2D eigenvalue weighted by molar-refractivity contribution is 5.55. The summed E-state index contributed by atoms with van der Waals surface area (Å²) in [5.41, 5.74) is 8.90. The number of piperidine rings is 1. The maximum Gasteiger partial charge on any atom is 0.0414 e. The summed E-state index contributed by atoms with van der Waals surface area (Å²) in [6.45, 7) is 9.21. The van der Waals surface area contributed by atoms with Crippen molar-refractivity contribution < 1.29 is 0 Å². The maximum atomic E-state index is 6.24. The molecule has 0 aliphatic carbocycles. The van der Waals surface area contributed by atoms with Crippen molar-refractivity contribution in [1.29, 1.82) is 0 Å². The Morgan fingerprint density at radius 2 is 2.00 bits per heavy atom. The second kappa shape index (κ2) is 5.75. The number of anilines is 1. The van der Waals surface area contributed by atoms with Gasteiger partial charge in [-0.2, -0.15) is 0 Å². The average Bonchev–Trinajstić information content (AvgIpc) is 2.41. The minimum atomic E-state index is 0.163. The van der Waals surface area contributed by atoms with Gasteiger partial charge in [0.15, 0.2) is 0 Å². The molecule has 3 unspecified atom stereocenters. The molecule has 1 aromatic rings. The topological polar surface area (TPSA) is 29.3 Å². The van der Waals surface area contributed by atoms with Crippen LogP contribution in [0.5, 0.6) is 0 Å². The highest BCUT2D eigenvalue weighted by Gasteiger charge is 2.24. The zero-order valence-corrected chi connectivity index (χ0v) is 11.9. The molecule has 1 aliphatic heterocycles. The summed E-state index contributed by atoms with van der Waals surface area (Å²) in [6.07, 6.45) is 2.29. The first kappa shape index (κ1) is 13.4. The normalized spacial score (nSPS) is 26.1. The van der Waals surface area contributed by atoms with E-state index in [2.05, 4.69) is 49.9 Å². The molecule has 0 radical (unpaired) electrons. The number of nitrogens with zero attached hydrogens (tertiary/aromatic N) is 1. The molecule has 1 aromatic carbocycles. The number of hydrogen-bond donors (Lipinski definition) is 1. The van der Waals surface area contributed by atoms with E-state index in [9.17, 15) is 0 Å². The first-order valence-electron chi connectivity index (χ1n) is 7.23. The van der Waals surface area contributed by atoms with E-state index in [0.29, 0.717) is 0 Å². The van der Waals surface area contributed by atoms with Gasteiger partial charge in [0.2, 0.25) is 0 Å². The van der Waals surface area contributed by atoms with E-state index in [-0.39, 0.29) is 6.04 Å². The Morgan fingerprint density at radius 3 is 2.67 bits per heavy atom. The Kier molecular flexibility index (Phi) is 4.28. The molecule has 0 saturated carbocycles. The predicted octanol–water partition coefficient (Wildman–Crippen LogP) is 3.58. The Hall–Kier alpha value is -1.02. The minimum absolute atomic E-state index is 0.163. The first-order valence-corrected chi connectivity index (χ1v) is 7.23. The van der Waals surface area contributed by atoms with Gasteiger partial charge in [0, 0.05) is 24.8 Å². The van der Waals surface area contributed by atoms with Gasteiger partial charge in [-0.05, 0) is 36.3 Å². The van der Waals surface area contributed by atoms with Crippen LogP contribution in [0.15, 0.2) is 24.3 Å². The summed E-state index contributed by atoms with van der Waals surface area (Å²) < 4.78 is 0. The van der Waals surface area contributed by atoms with E-state index in [0.717, 1.165) is 24.8 Å². The smallest absolute Gasteiger partial charge is 0.0414 e. The highest BCUT2D eigenvalue weighted by atomic mass is 15.1. The largest absolute Gasteiger partial charge is 0.371 e. The third kappa shape index (κ3) is 2.69. The van der Waals surface area contributed by atoms with Gasteiger partial charge in [-0.15, -0.1) is 0 Å². The van der Waals surface area contributed by atoms with Gasteiger partial charge in [-0.1, -0.05) is 39.0 Å². The van der Waals surface area contributed by atoms with Crippen molar-refractivity contribution >= 4 is 5.69 Å². The Bertz CT molecular complexity index is 388. The van der Waals surface area contributed by atoms with Crippen LogP contribution in [0, 0.1) is 11.8 Å². The molecule has 2 N–H and O–H groups in total. The van der Waals surface area contributed by atoms with Crippen LogP contribution in [0.3, 0.4) is 0 Å². The molecule has 1 saturated heterocycles. The molecule has 2 nitrogen and oxygen atoms in total. The maximum absolute atomic E-state index is 6.24. The summed E-state index contributed by atoms with van der Waals surface area (Å²) >= 11 is 0. The molecule has 0 aromatic heterocycles. The van der Waals surface area contributed by atoms with E-state index in [1.807, 2.05) is 0 Å². The highest BCUT2D eigenvalue weighted by Crippen LogP contribution is 2.31. The summed E-state index contributed by atoms with van der Waals surface area (Å²) in [5, 5.41) is 0. The molecule has 3 atom stereocenters. The summed E-state index contributed by atoms with van der Waals surface area (Å²) in [7, 11) is 0. The van der Waals surface area contributed by atoms with E-state index in [1.165, 1.54) is 24.2 Å². The number of rotatable bonds is 3. The third-order valence-electron chi connectivity index (χ3n) is 4.45. The van der Waals surface area contributed by atoms with Gasteiger partial charge in [0.25, 0.3) is 0 Å². The van der Waals surface area contributed by atoms with E-state index >= 15 is 0 Å². The van der Waals surface area contributed by atoms with Crippen molar-refractivity contribution in [1.82, 2.24) is 0 Å². The zero-order chi connectivity index (χ0) is 13.1. The SMILES string of the molecule is CCC(N)c1ccccc1N1CCC(C)C(C)C1. The van der Waals surface area contributed by atoms with Crippen LogP contribution in [0.4, 0.5) is 5.69 Å². The number of benzene rings is 1. The third-order valence-corrected chi connectivity index (χ3v) is 4.45. The molecule has 1 aliphatic rings. The predicted molar refractivity (Wildman–Crippen MR) is 78.8 cm³/mol. The second-order valence-corrected chi connectivity index (χ2v) is 5.76. The van der Waals surface area contributed by atoms with Crippen LogP contribution in [0.25, 0.3) is 0 Å². The summed E-state index contributed by atoms with van der Waals surface area (Å²) in [5.74, 6) is 1.61. The minimum Gasteiger partial charge on any atom is -0.371 e. The molecule has 0 spiro atoms. The lowest BCUT2D eigenvalue weighted by atomic mass is 9.88. The monoisotopic (exact) mass is 246 g/mol. The molecule has 2 heteroatoms. The van der Waals surface area contributed by atoms with E-state index in [1.54, 1.807) is 0 Å². The van der Waals surface area contributed by atoms with Gasteiger partial charge in [-0.3, -0.25) is 0 Å². The van der Waals surface area contributed by atoms with Crippen molar-refractivity contribution in [3.8, 4) is 0 Å². The van der Waals surface area contributed by atoms with Gasteiger partial charge < -0.3 is 10.6 Å². The molecule has 18 heavy (non-hydrogen) atoms. The Labute approximate surface area is 111 Å². The Morgan fingerprint density at radius 1 is 1.28 bits per heavy atom. The van der Waals surface area contributed by atoms with Crippen molar-refractivity contribution in [2.24, 2.45) is 17.6 Å². The van der Waals surface area contributed by atoms with Crippen molar-refractivity contribution in [2.45, 2.75) is 39.7 Å². The zero-order valence-electron chi connectivity index (χ0n) is 11.9. The van der Waals surface area contributed by atoms with Gasteiger partial charge >= 0.3 is 0 Å². The van der Waals surface area contributed by atoms with Crippen LogP contribution in [-0.4, -0.2) is 13.1 Å². The fourth-order valence-electron chi connectivity index (χ4n) is 2.79. The van der Waals surface area contributed by atoms with Crippen molar-refractivity contribution in [2.75, 3.05) is 18.0 Å². The molecule has 0 amide bonds. The van der Waals surface area contributed by atoms with Crippen LogP contribution >= 0.6 is 0 Å². The summed E-state index contributed by atoms with van der Waals surface area (Å²) in [6, 6.07) is 8.81. The van der Waals surface area contributed by atoms with Crippen LogP contribution in [-0.2, 0) is 0 Å². The second-order valence-electron chi connectivity index (χ2n) is 5.76.